The second-order valence-corrected chi connectivity index (χ2v) is 11.6. The molecular formula is C38H54N2O4. The van der Waals surface area contributed by atoms with Gasteiger partial charge in [0.05, 0.1) is 25.9 Å². The van der Waals surface area contributed by atoms with Gasteiger partial charge in [-0.1, -0.05) is 107 Å². The van der Waals surface area contributed by atoms with Crippen molar-refractivity contribution in [3.8, 4) is 11.5 Å². The molecule has 6 heteroatoms. The van der Waals surface area contributed by atoms with Crippen molar-refractivity contribution < 1.29 is 19.0 Å². The lowest BCUT2D eigenvalue weighted by Gasteiger charge is -2.14. The summed E-state index contributed by atoms with van der Waals surface area (Å²) in [5.74, 6) is 1.45. The fraction of sp³-hybridized carbons (Fsp3) is 0.500. The number of carbonyl (C=O) groups excluding carboxylic acids is 1. The third-order valence-electron chi connectivity index (χ3n) is 8.06. The van der Waals surface area contributed by atoms with Gasteiger partial charge >= 0.3 is 0 Å². The Morgan fingerprint density at radius 3 is 2.05 bits per heavy atom. The van der Waals surface area contributed by atoms with Gasteiger partial charge in [0.2, 0.25) is 0 Å². The predicted molar refractivity (Wildman–Crippen MR) is 181 cm³/mol. The van der Waals surface area contributed by atoms with Gasteiger partial charge in [-0.15, -0.1) is 0 Å². The minimum Gasteiger partial charge on any atom is -0.493 e. The Morgan fingerprint density at radius 1 is 0.727 bits per heavy atom. The highest BCUT2D eigenvalue weighted by Crippen LogP contribution is 2.25. The summed E-state index contributed by atoms with van der Waals surface area (Å²) in [4.78, 5) is 12.8. The van der Waals surface area contributed by atoms with E-state index in [-0.39, 0.29) is 11.9 Å². The number of ether oxygens (including phenoxy) is 3. The van der Waals surface area contributed by atoms with Gasteiger partial charge in [-0.25, -0.2) is 0 Å². The van der Waals surface area contributed by atoms with Crippen LogP contribution in [-0.2, 0) is 4.74 Å². The van der Waals surface area contributed by atoms with Gasteiger partial charge in [0.15, 0.2) is 0 Å². The number of nitrogens with one attached hydrogen (secondary N) is 1. The highest BCUT2D eigenvalue weighted by atomic mass is 16.5. The Morgan fingerprint density at radius 2 is 1.36 bits per heavy atom. The van der Waals surface area contributed by atoms with Gasteiger partial charge in [0, 0.05) is 12.1 Å². The van der Waals surface area contributed by atoms with Crippen LogP contribution in [0.1, 0.15) is 110 Å². The summed E-state index contributed by atoms with van der Waals surface area (Å²) in [5.41, 5.74) is 11.2. The molecule has 0 aromatic heterocycles. The molecule has 3 aromatic carbocycles. The molecule has 1 amide bonds. The van der Waals surface area contributed by atoms with Crippen LogP contribution >= 0.6 is 0 Å². The van der Waals surface area contributed by atoms with Crippen molar-refractivity contribution in [2.45, 2.75) is 91.0 Å². The average Bonchev–Trinajstić information content (AvgIpc) is 3.05. The second-order valence-electron chi connectivity index (χ2n) is 11.6. The summed E-state index contributed by atoms with van der Waals surface area (Å²) >= 11 is 0. The molecule has 3 aromatic rings. The summed E-state index contributed by atoms with van der Waals surface area (Å²) in [5, 5.41) is 2.95. The summed E-state index contributed by atoms with van der Waals surface area (Å²) in [7, 11) is 0. The van der Waals surface area contributed by atoms with E-state index >= 15 is 0 Å². The average molecular weight is 603 g/mol. The van der Waals surface area contributed by atoms with Crippen LogP contribution in [-0.4, -0.2) is 38.9 Å². The molecule has 44 heavy (non-hydrogen) atoms. The summed E-state index contributed by atoms with van der Waals surface area (Å²) in [6.45, 7) is 8.71. The molecule has 0 aliphatic carbocycles. The largest absolute Gasteiger partial charge is 0.493 e. The van der Waals surface area contributed by atoms with Crippen LogP contribution in [0.5, 0.6) is 11.5 Å². The smallest absolute Gasteiger partial charge is 0.251 e. The molecule has 3 rings (SSSR count). The third-order valence-corrected chi connectivity index (χ3v) is 8.06. The van der Waals surface area contributed by atoms with Crippen LogP contribution in [0.15, 0.2) is 66.7 Å². The van der Waals surface area contributed by atoms with Gasteiger partial charge in [0.1, 0.15) is 18.1 Å². The van der Waals surface area contributed by atoms with E-state index in [0.29, 0.717) is 38.5 Å². The van der Waals surface area contributed by atoms with E-state index in [2.05, 4.69) is 19.2 Å². The van der Waals surface area contributed by atoms with E-state index < -0.39 is 0 Å². The van der Waals surface area contributed by atoms with E-state index in [9.17, 15) is 4.79 Å². The molecule has 1 unspecified atom stereocenters. The minimum atomic E-state index is -0.166. The van der Waals surface area contributed by atoms with Gasteiger partial charge in [-0.05, 0) is 66.8 Å². The molecule has 240 valence electrons. The van der Waals surface area contributed by atoms with Crippen molar-refractivity contribution in [2.75, 3.05) is 33.0 Å². The highest BCUT2D eigenvalue weighted by molar-refractivity contribution is 5.95. The quantitative estimate of drug-likeness (QED) is 0.113. The topological polar surface area (TPSA) is 82.8 Å². The molecule has 1 atom stereocenters. The van der Waals surface area contributed by atoms with Gasteiger partial charge in [-0.3, -0.25) is 4.79 Å². The molecule has 0 saturated carbocycles. The number of amides is 1. The number of carbonyl (C=O) groups is 1. The Balaban J connectivity index is 1.27. The van der Waals surface area contributed by atoms with Crippen LogP contribution in [0.25, 0.3) is 0 Å². The molecule has 0 spiro atoms. The first-order chi connectivity index (χ1) is 21.5. The van der Waals surface area contributed by atoms with Crippen molar-refractivity contribution in [1.82, 2.24) is 5.32 Å². The Labute approximate surface area is 265 Å². The maximum atomic E-state index is 12.8. The lowest BCUT2D eigenvalue weighted by Crippen LogP contribution is -2.28. The molecule has 0 heterocycles. The van der Waals surface area contributed by atoms with Crippen LogP contribution < -0.4 is 20.5 Å². The molecule has 0 saturated heterocycles. The number of unbranched alkanes of at least 4 members (excludes halogenated alkanes) is 9. The first-order valence-electron chi connectivity index (χ1n) is 16.6. The SMILES string of the molecule is CCCCCCCCCCCCOc1cc(C(=O)NCCOCCOc2ccc(C(N)c3ccccc3)cc2)cc(C)c1C. The normalized spacial score (nSPS) is 11.7. The lowest BCUT2D eigenvalue weighted by molar-refractivity contribution is 0.0866. The van der Waals surface area contributed by atoms with Crippen LogP contribution in [0.2, 0.25) is 0 Å². The van der Waals surface area contributed by atoms with E-state index in [1.807, 2.05) is 73.7 Å². The molecule has 0 aliphatic heterocycles. The fourth-order valence-electron chi connectivity index (χ4n) is 5.16. The molecule has 3 N–H and O–H groups in total. The Kier molecular flexibility index (Phi) is 16.4. The number of nitrogens with two attached hydrogens (primary N) is 1. The van der Waals surface area contributed by atoms with E-state index in [1.165, 1.54) is 57.8 Å². The zero-order chi connectivity index (χ0) is 31.4. The van der Waals surface area contributed by atoms with Crippen molar-refractivity contribution in [1.29, 1.82) is 0 Å². The van der Waals surface area contributed by atoms with Crippen LogP contribution in [0.4, 0.5) is 0 Å². The summed E-state index contributed by atoms with van der Waals surface area (Å²) in [6, 6.07) is 21.5. The third kappa shape index (κ3) is 12.7. The molecule has 6 nitrogen and oxygen atoms in total. The van der Waals surface area contributed by atoms with Gasteiger partial charge < -0.3 is 25.3 Å². The number of hydrogen-bond donors (Lipinski definition) is 2. The van der Waals surface area contributed by atoms with Crippen LogP contribution in [0, 0.1) is 13.8 Å². The molecule has 0 bridgehead atoms. The van der Waals surface area contributed by atoms with Gasteiger partial charge in [-0.2, -0.15) is 0 Å². The molecule has 0 radical (unpaired) electrons. The number of rotatable bonds is 22. The van der Waals surface area contributed by atoms with Crippen molar-refractivity contribution in [3.63, 3.8) is 0 Å². The number of hydrogen-bond acceptors (Lipinski definition) is 5. The first kappa shape index (κ1) is 35.1. The Hall–Kier alpha value is -3.35. The standard InChI is InChI=1S/C38H54N2O4/c1-4-5-6-7-8-9-10-11-12-16-24-44-36-29-34(28-30(2)31(36)3)38(41)40-23-25-42-26-27-43-35-21-19-33(20-22-35)37(39)32-17-14-13-15-18-32/h13-15,17-22,28-29,37H,4-12,16,23-27,39H2,1-3H3,(H,40,41). The van der Waals surface area contributed by atoms with E-state index in [0.717, 1.165) is 40.2 Å². The molecular weight excluding hydrogens is 548 g/mol. The Bertz CT molecular complexity index is 1210. The first-order valence-corrected chi connectivity index (χ1v) is 16.6. The summed E-state index contributed by atoms with van der Waals surface area (Å²) < 4.78 is 17.6. The maximum Gasteiger partial charge on any atom is 0.251 e. The van der Waals surface area contributed by atoms with Gasteiger partial charge in [0.25, 0.3) is 5.91 Å². The predicted octanol–water partition coefficient (Wildman–Crippen LogP) is 8.48. The van der Waals surface area contributed by atoms with Crippen LogP contribution in [0.3, 0.4) is 0 Å². The highest BCUT2D eigenvalue weighted by Gasteiger charge is 2.12. The molecule has 0 aliphatic rings. The second kappa shape index (κ2) is 20.6. The fourth-order valence-corrected chi connectivity index (χ4v) is 5.16. The van der Waals surface area contributed by atoms with Crippen molar-refractivity contribution in [2.24, 2.45) is 5.73 Å². The monoisotopic (exact) mass is 602 g/mol. The van der Waals surface area contributed by atoms with E-state index in [4.69, 9.17) is 19.9 Å². The maximum absolute atomic E-state index is 12.8. The van der Waals surface area contributed by atoms with Crippen molar-refractivity contribution in [3.05, 3.63) is 94.5 Å². The minimum absolute atomic E-state index is 0.120. The number of benzene rings is 3. The number of aryl methyl sites for hydroxylation is 1. The summed E-state index contributed by atoms with van der Waals surface area (Å²) in [6.07, 6.45) is 13.0. The lowest BCUT2D eigenvalue weighted by atomic mass is 10.00. The zero-order valence-electron chi connectivity index (χ0n) is 27.2. The zero-order valence-corrected chi connectivity index (χ0v) is 27.2. The molecule has 0 fully saturated rings. The van der Waals surface area contributed by atoms with Crippen molar-refractivity contribution >= 4 is 5.91 Å². The van der Waals surface area contributed by atoms with E-state index in [1.54, 1.807) is 0 Å².